The Morgan fingerprint density at radius 2 is 1.89 bits per heavy atom. The zero-order chi connectivity index (χ0) is 14.1. The van der Waals surface area contributed by atoms with Crippen LogP contribution in [0.5, 0.6) is 0 Å². The highest BCUT2D eigenvalue weighted by Gasteiger charge is 2.33. The number of aliphatic hydroxyl groups is 2. The lowest BCUT2D eigenvalue weighted by atomic mass is 9.96. The molecule has 4 N–H and O–H groups in total. The molecule has 18 heavy (non-hydrogen) atoms. The van der Waals surface area contributed by atoms with E-state index in [1.54, 1.807) is 0 Å². The van der Waals surface area contributed by atoms with E-state index in [0.717, 1.165) is 12.1 Å². The van der Waals surface area contributed by atoms with Crippen LogP contribution in [0.1, 0.15) is 22.8 Å². The lowest BCUT2D eigenvalue weighted by Gasteiger charge is -2.19. The van der Waals surface area contributed by atoms with Crippen LogP contribution in [0, 0.1) is 6.92 Å². The number of benzene rings is 1. The van der Waals surface area contributed by atoms with E-state index in [1.807, 2.05) is 0 Å². The summed E-state index contributed by atoms with van der Waals surface area (Å²) in [5, 5.41) is 18.9. The van der Waals surface area contributed by atoms with E-state index in [-0.39, 0.29) is 5.56 Å². The predicted octanol–water partition coefficient (Wildman–Crippen LogP) is 0.893. The van der Waals surface area contributed by atoms with Crippen molar-refractivity contribution < 1.29 is 28.2 Å². The number of nitrogens with two attached hydrogens (primary N) is 1. The minimum atomic E-state index is -4.57. The molecule has 100 valence electrons. The van der Waals surface area contributed by atoms with Gasteiger partial charge in [-0.25, -0.2) is 0 Å². The molecule has 0 aliphatic carbocycles. The van der Waals surface area contributed by atoms with Crippen LogP contribution in [0.4, 0.5) is 13.2 Å². The molecule has 0 spiro atoms. The largest absolute Gasteiger partial charge is 0.416 e. The van der Waals surface area contributed by atoms with Crippen molar-refractivity contribution in [3.05, 3.63) is 34.9 Å². The van der Waals surface area contributed by atoms with Gasteiger partial charge in [0.05, 0.1) is 5.56 Å². The molecule has 7 heteroatoms. The molecular weight excluding hydrogens is 251 g/mol. The summed E-state index contributed by atoms with van der Waals surface area (Å²) in [6.07, 6.45) is -8.31. The monoisotopic (exact) mass is 263 g/mol. The molecule has 1 rings (SSSR count). The lowest BCUT2D eigenvalue weighted by Crippen LogP contribution is -2.34. The second kappa shape index (κ2) is 4.95. The van der Waals surface area contributed by atoms with Crippen molar-refractivity contribution in [3.8, 4) is 0 Å². The SMILES string of the molecule is Cc1ccc(C(F)(F)F)cc1C(O)C(O)C(N)=O. The van der Waals surface area contributed by atoms with Crippen LogP contribution < -0.4 is 5.73 Å². The van der Waals surface area contributed by atoms with Gasteiger partial charge in [0, 0.05) is 0 Å². The highest BCUT2D eigenvalue weighted by molar-refractivity contribution is 5.79. The Balaban J connectivity index is 3.20. The maximum atomic E-state index is 12.5. The van der Waals surface area contributed by atoms with E-state index in [4.69, 9.17) is 5.73 Å². The Bertz CT molecular complexity index is 459. The summed E-state index contributed by atoms with van der Waals surface area (Å²) in [4.78, 5) is 10.7. The number of carbonyl (C=O) groups is 1. The average Bonchev–Trinajstić information content (AvgIpc) is 2.26. The molecule has 1 aromatic rings. The number of amides is 1. The molecule has 0 aliphatic heterocycles. The lowest BCUT2D eigenvalue weighted by molar-refractivity contribution is -0.137. The van der Waals surface area contributed by atoms with E-state index < -0.39 is 29.9 Å². The summed E-state index contributed by atoms with van der Waals surface area (Å²) in [7, 11) is 0. The van der Waals surface area contributed by atoms with E-state index in [1.165, 1.54) is 6.92 Å². The van der Waals surface area contributed by atoms with Gasteiger partial charge < -0.3 is 15.9 Å². The maximum absolute atomic E-state index is 12.5. The van der Waals surface area contributed by atoms with Gasteiger partial charge in [0.25, 0.3) is 0 Å². The van der Waals surface area contributed by atoms with Crippen molar-refractivity contribution in [3.63, 3.8) is 0 Å². The van der Waals surface area contributed by atoms with Crippen molar-refractivity contribution in [2.75, 3.05) is 0 Å². The van der Waals surface area contributed by atoms with Gasteiger partial charge in [-0.15, -0.1) is 0 Å². The molecule has 0 aromatic heterocycles. The summed E-state index contributed by atoms with van der Waals surface area (Å²) < 4.78 is 37.5. The summed E-state index contributed by atoms with van der Waals surface area (Å²) in [6.45, 7) is 1.45. The smallest absolute Gasteiger partial charge is 0.385 e. The zero-order valence-electron chi connectivity index (χ0n) is 9.40. The molecule has 1 amide bonds. The highest BCUT2D eigenvalue weighted by atomic mass is 19.4. The molecule has 0 bridgehead atoms. The van der Waals surface area contributed by atoms with Gasteiger partial charge in [0.1, 0.15) is 6.10 Å². The molecule has 0 aliphatic rings. The minimum absolute atomic E-state index is 0.184. The summed E-state index contributed by atoms with van der Waals surface area (Å²) in [5.41, 5.74) is 3.94. The van der Waals surface area contributed by atoms with Crippen LogP contribution in [-0.2, 0) is 11.0 Å². The minimum Gasteiger partial charge on any atom is -0.385 e. The van der Waals surface area contributed by atoms with Gasteiger partial charge in [0.2, 0.25) is 5.91 Å². The Kier molecular flexibility index (Phi) is 3.98. The van der Waals surface area contributed by atoms with Gasteiger partial charge in [-0.3, -0.25) is 4.79 Å². The third-order valence-electron chi connectivity index (χ3n) is 2.52. The van der Waals surface area contributed by atoms with Gasteiger partial charge in [-0.1, -0.05) is 6.07 Å². The number of rotatable bonds is 3. The molecule has 0 heterocycles. The molecule has 1 aromatic carbocycles. The predicted molar refractivity (Wildman–Crippen MR) is 56.3 cm³/mol. The second-order valence-electron chi connectivity index (χ2n) is 3.86. The molecule has 0 fully saturated rings. The fraction of sp³-hybridized carbons (Fsp3) is 0.364. The molecule has 4 nitrogen and oxygen atoms in total. The molecule has 0 radical (unpaired) electrons. The Labute approximate surface area is 101 Å². The number of carbonyl (C=O) groups excluding carboxylic acids is 1. The van der Waals surface area contributed by atoms with Crippen LogP contribution >= 0.6 is 0 Å². The van der Waals surface area contributed by atoms with Crippen LogP contribution in [-0.4, -0.2) is 22.2 Å². The van der Waals surface area contributed by atoms with Gasteiger partial charge in [0.15, 0.2) is 6.10 Å². The Morgan fingerprint density at radius 3 is 2.33 bits per heavy atom. The number of aliphatic hydroxyl groups excluding tert-OH is 2. The summed E-state index contributed by atoms with van der Waals surface area (Å²) in [5.74, 6) is -1.21. The topological polar surface area (TPSA) is 83.6 Å². The second-order valence-corrected chi connectivity index (χ2v) is 3.86. The van der Waals surface area contributed by atoms with Crippen LogP contribution in [0.25, 0.3) is 0 Å². The molecule has 0 saturated carbocycles. The number of primary amides is 1. The van der Waals surface area contributed by atoms with E-state index in [2.05, 4.69) is 0 Å². The van der Waals surface area contributed by atoms with Crippen molar-refractivity contribution >= 4 is 5.91 Å². The Hall–Kier alpha value is -1.60. The van der Waals surface area contributed by atoms with Gasteiger partial charge >= 0.3 is 6.18 Å². The third kappa shape index (κ3) is 2.99. The van der Waals surface area contributed by atoms with Crippen LogP contribution in [0.3, 0.4) is 0 Å². The van der Waals surface area contributed by atoms with Gasteiger partial charge in [-0.05, 0) is 30.2 Å². The van der Waals surface area contributed by atoms with Gasteiger partial charge in [-0.2, -0.15) is 13.2 Å². The van der Waals surface area contributed by atoms with E-state index in [0.29, 0.717) is 11.6 Å². The number of alkyl halides is 3. The highest BCUT2D eigenvalue weighted by Crippen LogP contribution is 2.32. The van der Waals surface area contributed by atoms with E-state index >= 15 is 0 Å². The molecule has 2 unspecified atom stereocenters. The van der Waals surface area contributed by atoms with Crippen molar-refractivity contribution in [1.82, 2.24) is 0 Å². The quantitative estimate of drug-likeness (QED) is 0.757. The summed E-state index contributed by atoms with van der Waals surface area (Å²) >= 11 is 0. The normalized spacial score (nSPS) is 15.2. The number of hydrogen-bond acceptors (Lipinski definition) is 3. The third-order valence-corrected chi connectivity index (χ3v) is 2.52. The van der Waals surface area contributed by atoms with Crippen LogP contribution in [0.2, 0.25) is 0 Å². The average molecular weight is 263 g/mol. The Morgan fingerprint density at radius 1 is 1.33 bits per heavy atom. The first-order valence-corrected chi connectivity index (χ1v) is 4.97. The van der Waals surface area contributed by atoms with Crippen LogP contribution in [0.15, 0.2) is 18.2 Å². The van der Waals surface area contributed by atoms with Crippen molar-refractivity contribution in [2.24, 2.45) is 5.73 Å². The number of aryl methyl sites for hydroxylation is 1. The standard InChI is InChI=1S/C11H12F3NO3/c1-5-2-3-6(11(12,13)14)4-7(5)8(16)9(17)10(15)18/h2-4,8-9,16-17H,1H3,(H2,15,18). The first-order valence-electron chi connectivity index (χ1n) is 4.97. The number of hydrogen-bond donors (Lipinski definition) is 3. The molecule has 2 atom stereocenters. The fourth-order valence-corrected chi connectivity index (χ4v) is 1.46. The van der Waals surface area contributed by atoms with Crippen molar-refractivity contribution in [1.29, 1.82) is 0 Å². The molecular formula is C11H12F3NO3. The van der Waals surface area contributed by atoms with E-state index in [9.17, 15) is 28.2 Å². The van der Waals surface area contributed by atoms with Crippen molar-refractivity contribution in [2.45, 2.75) is 25.3 Å². The first-order chi connectivity index (χ1) is 8.14. The number of halogens is 3. The zero-order valence-corrected chi connectivity index (χ0v) is 9.40. The maximum Gasteiger partial charge on any atom is 0.416 e. The summed E-state index contributed by atoms with van der Waals surface area (Å²) in [6, 6.07) is 2.68. The first kappa shape index (κ1) is 14.5. The fourth-order valence-electron chi connectivity index (χ4n) is 1.46. The molecule has 0 saturated heterocycles.